The minimum absolute atomic E-state index is 0.359. The van der Waals surface area contributed by atoms with E-state index in [1.54, 1.807) is 7.11 Å². The third kappa shape index (κ3) is 1.87. The number of aromatic amines is 1. The van der Waals surface area contributed by atoms with E-state index in [-0.39, 0.29) is 0 Å². The predicted molar refractivity (Wildman–Crippen MR) is 80.7 cm³/mol. The minimum atomic E-state index is 0.359. The highest BCUT2D eigenvalue weighted by Gasteiger charge is 2.15. The SMILES string of the molecule is COc1ccccc1-c1cccc2[nH]c(Cl)c(C=O)c12. The van der Waals surface area contributed by atoms with Crippen LogP contribution in [0.4, 0.5) is 0 Å². The molecule has 1 aromatic heterocycles. The maximum Gasteiger partial charge on any atom is 0.153 e. The van der Waals surface area contributed by atoms with Gasteiger partial charge in [-0.05, 0) is 17.7 Å². The van der Waals surface area contributed by atoms with Crippen molar-refractivity contribution in [3.63, 3.8) is 0 Å². The van der Waals surface area contributed by atoms with Gasteiger partial charge in [0, 0.05) is 16.5 Å². The summed E-state index contributed by atoms with van der Waals surface area (Å²) in [6.07, 6.45) is 0.778. The molecule has 0 spiro atoms. The molecule has 20 heavy (non-hydrogen) atoms. The zero-order valence-electron chi connectivity index (χ0n) is 10.8. The lowest BCUT2D eigenvalue weighted by molar-refractivity contribution is 0.112. The molecule has 3 rings (SSSR count). The van der Waals surface area contributed by atoms with Gasteiger partial charge in [-0.15, -0.1) is 0 Å². The van der Waals surface area contributed by atoms with Crippen molar-refractivity contribution in [2.75, 3.05) is 7.11 Å². The summed E-state index contributed by atoms with van der Waals surface area (Å²) in [4.78, 5) is 14.3. The van der Waals surface area contributed by atoms with E-state index in [0.717, 1.165) is 34.1 Å². The number of aromatic nitrogens is 1. The van der Waals surface area contributed by atoms with Crippen LogP contribution in [0.2, 0.25) is 5.15 Å². The van der Waals surface area contributed by atoms with Gasteiger partial charge in [0.15, 0.2) is 6.29 Å². The van der Waals surface area contributed by atoms with Crippen LogP contribution in [0.5, 0.6) is 5.75 Å². The zero-order valence-corrected chi connectivity index (χ0v) is 11.6. The van der Waals surface area contributed by atoms with Crippen molar-refractivity contribution in [2.45, 2.75) is 0 Å². The van der Waals surface area contributed by atoms with E-state index >= 15 is 0 Å². The second-order valence-electron chi connectivity index (χ2n) is 4.40. The number of benzene rings is 2. The molecule has 0 saturated heterocycles. The highest BCUT2D eigenvalue weighted by Crippen LogP contribution is 2.37. The smallest absolute Gasteiger partial charge is 0.153 e. The molecule has 3 nitrogen and oxygen atoms in total. The maximum atomic E-state index is 11.3. The van der Waals surface area contributed by atoms with Crippen LogP contribution >= 0.6 is 11.6 Å². The molecule has 1 heterocycles. The molecule has 0 saturated carbocycles. The number of aldehydes is 1. The van der Waals surface area contributed by atoms with Crippen LogP contribution < -0.4 is 4.74 Å². The minimum Gasteiger partial charge on any atom is -0.496 e. The van der Waals surface area contributed by atoms with E-state index in [1.165, 1.54) is 0 Å². The molecule has 1 N–H and O–H groups in total. The summed E-state index contributed by atoms with van der Waals surface area (Å²) in [5.41, 5.74) is 3.16. The molecule has 0 aliphatic rings. The van der Waals surface area contributed by atoms with Gasteiger partial charge < -0.3 is 9.72 Å². The Balaban J connectivity index is 2.39. The molecule has 2 aromatic carbocycles. The molecule has 3 aromatic rings. The zero-order chi connectivity index (χ0) is 14.1. The lowest BCUT2D eigenvalue weighted by Crippen LogP contribution is -1.89. The van der Waals surface area contributed by atoms with Crippen LogP contribution in [-0.4, -0.2) is 18.4 Å². The molecule has 0 aliphatic heterocycles. The summed E-state index contributed by atoms with van der Waals surface area (Å²) in [7, 11) is 1.63. The van der Waals surface area contributed by atoms with E-state index in [2.05, 4.69) is 4.98 Å². The quantitative estimate of drug-likeness (QED) is 0.729. The Kier molecular flexibility index (Phi) is 3.20. The first-order chi connectivity index (χ1) is 9.76. The Bertz CT molecular complexity index is 792. The summed E-state index contributed by atoms with van der Waals surface area (Å²) >= 11 is 6.08. The van der Waals surface area contributed by atoms with Gasteiger partial charge in [-0.1, -0.05) is 41.9 Å². The topological polar surface area (TPSA) is 42.1 Å². The normalized spacial score (nSPS) is 10.7. The van der Waals surface area contributed by atoms with Gasteiger partial charge in [0.2, 0.25) is 0 Å². The van der Waals surface area contributed by atoms with Crippen LogP contribution in [0, 0.1) is 0 Å². The summed E-state index contributed by atoms with van der Waals surface area (Å²) in [6.45, 7) is 0. The molecule has 0 bridgehead atoms. The van der Waals surface area contributed by atoms with E-state index < -0.39 is 0 Å². The van der Waals surface area contributed by atoms with Crippen molar-refractivity contribution < 1.29 is 9.53 Å². The average molecular weight is 286 g/mol. The number of hydrogen-bond acceptors (Lipinski definition) is 2. The van der Waals surface area contributed by atoms with Crippen LogP contribution in [0.15, 0.2) is 42.5 Å². The Morgan fingerprint density at radius 1 is 1.10 bits per heavy atom. The van der Waals surface area contributed by atoms with Crippen LogP contribution in [0.1, 0.15) is 10.4 Å². The second-order valence-corrected chi connectivity index (χ2v) is 4.78. The largest absolute Gasteiger partial charge is 0.496 e. The highest BCUT2D eigenvalue weighted by molar-refractivity contribution is 6.34. The standard InChI is InChI=1S/C16H12ClNO2/c1-20-14-8-3-2-5-10(14)11-6-4-7-13-15(11)12(9-19)16(17)18-13/h2-9,18H,1H3. The Morgan fingerprint density at radius 3 is 2.60 bits per heavy atom. The van der Waals surface area contributed by atoms with Gasteiger partial charge in [0.1, 0.15) is 10.9 Å². The molecule has 0 atom stereocenters. The number of nitrogens with one attached hydrogen (secondary N) is 1. The van der Waals surface area contributed by atoms with Gasteiger partial charge in [0.25, 0.3) is 0 Å². The van der Waals surface area contributed by atoms with E-state index in [1.807, 2.05) is 42.5 Å². The number of carbonyl (C=O) groups is 1. The van der Waals surface area contributed by atoms with Crippen LogP contribution in [0.25, 0.3) is 22.0 Å². The number of H-pyrrole nitrogens is 1. The molecule has 0 fully saturated rings. The summed E-state index contributed by atoms with van der Waals surface area (Å²) in [5, 5.41) is 1.18. The van der Waals surface area contributed by atoms with Crippen molar-refractivity contribution in [2.24, 2.45) is 0 Å². The monoisotopic (exact) mass is 285 g/mol. The van der Waals surface area contributed by atoms with E-state index in [9.17, 15) is 4.79 Å². The number of ether oxygens (including phenoxy) is 1. The third-order valence-corrected chi connectivity index (χ3v) is 3.63. The van der Waals surface area contributed by atoms with Crippen molar-refractivity contribution in [3.05, 3.63) is 53.2 Å². The lowest BCUT2D eigenvalue weighted by Gasteiger charge is -2.09. The lowest BCUT2D eigenvalue weighted by atomic mass is 9.99. The molecule has 0 unspecified atom stereocenters. The Morgan fingerprint density at radius 2 is 1.85 bits per heavy atom. The van der Waals surface area contributed by atoms with Crippen molar-refractivity contribution >= 4 is 28.8 Å². The summed E-state index contributed by atoms with van der Waals surface area (Å²) < 4.78 is 5.40. The van der Waals surface area contributed by atoms with E-state index in [4.69, 9.17) is 16.3 Å². The number of halogens is 1. The maximum absolute atomic E-state index is 11.3. The Hall–Kier alpha value is -2.26. The second kappa shape index (κ2) is 5.02. The highest BCUT2D eigenvalue weighted by atomic mass is 35.5. The first-order valence-electron chi connectivity index (χ1n) is 6.15. The molecular formula is C16H12ClNO2. The van der Waals surface area contributed by atoms with Gasteiger partial charge in [-0.3, -0.25) is 4.79 Å². The average Bonchev–Trinajstić information content (AvgIpc) is 2.82. The van der Waals surface area contributed by atoms with Crippen molar-refractivity contribution in [1.82, 2.24) is 4.98 Å². The van der Waals surface area contributed by atoms with Crippen molar-refractivity contribution in [1.29, 1.82) is 0 Å². The number of rotatable bonds is 3. The summed E-state index contributed by atoms with van der Waals surface area (Å²) in [5.74, 6) is 0.758. The first-order valence-corrected chi connectivity index (χ1v) is 6.53. The molecule has 0 radical (unpaired) electrons. The molecule has 0 aliphatic carbocycles. The number of carbonyl (C=O) groups excluding carboxylic acids is 1. The predicted octanol–water partition coefficient (Wildman–Crippen LogP) is 4.31. The van der Waals surface area contributed by atoms with Crippen LogP contribution in [-0.2, 0) is 0 Å². The fourth-order valence-corrected chi connectivity index (χ4v) is 2.69. The third-order valence-electron chi connectivity index (χ3n) is 3.33. The summed E-state index contributed by atoms with van der Waals surface area (Å²) in [6, 6.07) is 13.5. The fourth-order valence-electron chi connectivity index (χ4n) is 2.44. The van der Waals surface area contributed by atoms with Gasteiger partial charge in [-0.25, -0.2) is 0 Å². The first kappa shape index (κ1) is 12.8. The molecular weight excluding hydrogens is 274 g/mol. The van der Waals surface area contributed by atoms with E-state index in [0.29, 0.717) is 10.7 Å². The molecule has 4 heteroatoms. The van der Waals surface area contributed by atoms with Gasteiger partial charge in [0.05, 0.1) is 12.7 Å². The number of hydrogen-bond donors (Lipinski definition) is 1. The van der Waals surface area contributed by atoms with Gasteiger partial charge >= 0.3 is 0 Å². The number of fused-ring (bicyclic) bond motifs is 1. The van der Waals surface area contributed by atoms with Crippen molar-refractivity contribution in [3.8, 4) is 16.9 Å². The van der Waals surface area contributed by atoms with Crippen LogP contribution in [0.3, 0.4) is 0 Å². The number of para-hydroxylation sites is 1. The Labute approximate surface area is 121 Å². The molecule has 100 valence electrons. The van der Waals surface area contributed by atoms with Gasteiger partial charge in [-0.2, -0.15) is 0 Å². The fraction of sp³-hybridized carbons (Fsp3) is 0.0625. The number of methoxy groups -OCH3 is 1. The molecule has 0 amide bonds.